The highest BCUT2D eigenvalue weighted by molar-refractivity contribution is 5.49. The molecule has 0 fully saturated rings. The van der Waals surface area contributed by atoms with E-state index in [1.54, 1.807) is 11.1 Å². The molecule has 0 aliphatic heterocycles. The maximum absolute atomic E-state index is 10.1. The molecule has 1 aromatic carbocycles. The molecule has 0 aromatic heterocycles. The van der Waals surface area contributed by atoms with Crippen LogP contribution in [0.4, 0.5) is 0 Å². The van der Waals surface area contributed by atoms with Crippen molar-refractivity contribution in [1.29, 1.82) is 0 Å². The predicted octanol–water partition coefficient (Wildman–Crippen LogP) is 5.79. The Labute approximate surface area is 143 Å². The summed E-state index contributed by atoms with van der Waals surface area (Å²) in [7, 11) is 0. The van der Waals surface area contributed by atoms with Crippen molar-refractivity contribution in [3.63, 3.8) is 0 Å². The number of fused-ring (bicyclic) bond motifs is 1. The van der Waals surface area contributed by atoms with Crippen LogP contribution in [0.15, 0.2) is 6.07 Å². The Hall–Kier alpha value is -0.820. The van der Waals surface area contributed by atoms with Crippen molar-refractivity contribution in [2.24, 2.45) is 0 Å². The first kappa shape index (κ1) is 18.5. The zero-order chi connectivity index (χ0) is 17.3. The summed E-state index contributed by atoms with van der Waals surface area (Å²) in [6, 6.07) is 2.51. The minimum Gasteiger partial charge on any atom is -0.390 e. The molecule has 1 heteroatoms. The van der Waals surface area contributed by atoms with E-state index in [1.807, 2.05) is 6.92 Å². The molecule has 0 spiro atoms. The van der Waals surface area contributed by atoms with Gasteiger partial charge in [-0.15, -0.1) is 0 Å². The summed E-state index contributed by atoms with van der Waals surface area (Å²) in [6.07, 6.45) is 9.08. The lowest BCUT2D eigenvalue weighted by molar-refractivity contribution is 0.0444. The minimum absolute atomic E-state index is 0.326. The lowest BCUT2D eigenvalue weighted by Gasteiger charge is -2.35. The third-order valence-corrected chi connectivity index (χ3v) is 6.27. The third-order valence-electron chi connectivity index (χ3n) is 6.27. The summed E-state index contributed by atoms with van der Waals surface area (Å²) in [4.78, 5) is 0. The number of unbranched alkanes of at least 4 members (excludes halogenated alkanes) is 1. The monoisotopic (exact) mass is 316 g/mol. The molecule has 0 saturated heterocycles. The van der Waals surface area contributed by atoms with Gasteiger partial charge >= 0.3 is 0 Å². The van der Waals surface area contributed by atoms with Crippen LogP contribution in [0.5, 0.6) is 0 Å². The Morgan fingerprint density at radius 2 is 1.87 bits per heavy atom. The summed E-state index contributed by atoms with van der Waals surface area (Å²) < 4.78 is 0. The predicted molar refractivity (Wildman–Crippen MR) is 100 cm³/mol. The van der Waals surface area contributed by atoms with Crippen molar-refractivity contribution in [3.05, 3.63) is 33.9 Å². The fourth-order valence-electron chi connectivity index (χ4n) is 4.06. The van der Waals surface area contributed by atoms with Gasteiger partial charge in [0.15, 0.2) is 0 Å². The van der Waals surface area contributed by atoms with Crippen molar-refractivity contribution in [1.82, 2.24) is 0 Å². The number of hydrogen-bond donors (Lipinski definition) is 1. The Morgan fingerprint density at radius 1 is 1.17 bits per heavy atom. The van der Waals surface area contributed by atoms with Crippen molar-refractivity contribution in [3.8, 4) is 0 Å². The van der Waals surface area contributed by atoms with Crippen LogP contribution in [0.3, 0.4) is 0 Å². The van der Waals surface area contributed by atoms with Gasteiger partial charge in [-0.25, -0.2) is 0 Å². The first-order valence-electron chi connectivity index (χ1n) is 9.53. The van der Waals surface area contributed by atoms with Gasteiger partial charge in [0, 0.05) is 0 Å². The van der Waals surface area contributed by atoms with Gasteiger partial charge in [0.2, 0.25) is 0 Å². The molecule has 1 nitrogen and oxygen atoms in total. The van der Waals surface area contributed by atoms with Crippen molar-refractivity contribution in [2.75, 3.05) is 0 Å². The number of aryl methyl sites for hydroxylation is 1. The zero-order valence-electron chi connectivity index (χ0n) is 16.2. The van der Waals surface area contributed by atoms with Crippen LogP contribution in [-0.2, 0) is 18.3 Å². The highest BCUT2D eigenvalue weighted by Gasteiger charge is 2.29. The molecule has 1 aliphatic carbocycles. The summed E-state index contributed by atoms with van der Waals surface area (Å²) in [6.45, 7) is 13.5. The van der Waals surface area contributed by atoms with Gasteiger partial charge in [-0.3, -0.25) is 0 Å². The van der Waals surface area contributed by atoms with E-state index in [-0.39, 0.29) is 0 Å². The first-order valence-corrected chi connectivity index (χ1v) is 9.53. The Balaban J connectivity index is 2.13. The minimum atomic E-state index is -0.483. The second kappa shape index (κ2) is 6.97. The van der Waals surface area contributed by atoms with Crippen LogP contribution in [0.25, 0.3) is 0 Å². The molecular weight excluding hydrogens is 280 g/mol. The quantitative estimate of drug-likeness (QED) is 0.658. The van der Waals surface area contributed by atoms with Gasteiger partial charge in [-0.1, -0.05) is 33.3 Å². The first-order chi connectivity index (χ1) is 10.7. The molecule has 0 saturated carbocycles. The summed E-state index contributed by atoms with van der Waals surface area (Å²) in [5.41, 5.74) is 7.64. The third kappa shape index (κ3) is 4.18. The van der Waals surface area contributed by atoms with Crippen LogP contribution >= 0.6 is 0 Å². The van der Waals surface area contributed by atoms with E-state index >= 15 is 0 Å². The Kier molecular flexibility index (Phi) is 5.61. The number of benzene rings is 1. The molecule has 0 heterocycles. The molecule has 1 N–H and O–H groups in total. The maximum atomic E-state index is 10.1. The highest BCUT2D eigenvalue weighted by Crippen LogP contribution is 2.40. The Bertz CT molecular complexity index is 552. The van der Waals surface area contributed by atoms with Crippen LogP contribution in [0.2, 0.25) is 0 Å². The standard InChI is InChI=1S/C22H36O/c1-7-22(6,23)14-9-8-11-18-15-20-19(17(3)16(18)2)12-10-13-21(20,4)5/h15,23H,7-14H2,1-6H3. The maximum Gasteiger partial charge on any atom is 0.0617 e. The van der Waals surface area contributed by atoms with Gasteiger partial charge in [-0.2, -0.15) is 0 Å². The molecule has 0 radical (unpaired) electrons. The molecule has 1 atom stereocenters. The molecule has 0 amide bonds. The molecule has 1 aliphatic rings. The number of hydrogen-bond acceptors (Lipinski definition) is 1. The van der Waals surface area contributed by atoms with E-state index in [1.165, 1.54) is 42.4 Å². The molecule has 2 rings (SSSR count). The van der Waals surface area contributed by atoms with Crippen molar-refractivity contribution < 1.29 is 5.11 Å². The lowest BCUT2D eigenvalue weighted by Crippen LogP contribution is -2.25. The van der Waals surface area contributed by atoms with E-state index in [2.05, 4.69) is 40.7 Å². The number of aliphatic hydroxyl groups is 1. The van der Waals surface area contributed by atoms with E-state index in [4.69, 9.17) is 0 Å². The molecule has 130 valence electrons. The molecule has 1 unspecified atom stereocenters. The molecule has 1 aromatic rings. The molecule has 23 heavy (non-hydrogen) atoms. The van der Waals surface area contributed by atoms with Crippen LogP contribution in [-0.4, -0.2) is 10.7 Å². The highest BCUT2D eigenvalue weighted by atomic mass is 16.3. The van der Waals surface area contributed by atoms with Gasteiger partial charge in [0.05, 0.1) is 5.60 Å². The van der Waals surface area contributed by atoms with Crippen molar-refractivity contribution >= 4 is 0 Å². The fourth-order valence-corrected chi connectivity index (χ4v) is 4.06. The smallest absolute Gasteiger partial charge is 0.0617 e. The fraction of sp³-hybridized carbons (Fsp3) is 0.727. The second-order valence-electron chi connectivity index (χ2n) is 8.61. The van der Waals surface area contributed by atoms with E-state index < -0.39 is 5.60 Å². The normalized spacial score (nSPS) is 19.3. The topological polar surface area (TPSA) is 20.2 Å². The van der Waals surface area contributed by atoms with Crippen LogP contribution in [0.1, 0.15) is 94.0 Å². The van der Waals surface area contributed by atoms with E-state index in [9.17, 15) is 5.11 Å². The summed E-state index contributed by atoms with van der Waals surface area (Å²) in [5.74, 6) is 0. The van der Waals surface area contributed by atoms with E-state index in [0.717, 1.165) is 25.7 Å². The number of rotatable bonds is 6. The van der Waals surface area contributed by atoms with Crippen LogP contribution in [0, 0.1) is 13.8 Å². The van der Waals surface area contributed by atoms with Crippen LogP contribution < -0.4 is 0 Å². The van der Waals surface area contributed by atoms with Crippen molar-refractivity contribution in [2.45, 2.75) is 104 Å². The average molecular weight is 317 g/mol. The zero-order valence-corrected chi connectivity index (χ0v) is 16.2. The van der Waals surface area contributed by atoms with Gasteiger partial charge in [0.1, 0.15) is 0 Å². The largest absolute Gasteiger partial charge is 0.390 e. The molecular formula is C22H36O. The summed E-state index contributed by atoms with van der Waals surface area (Å²) >= 11 is 0. The second-order valence-corrected chi connectivity index (χ2v) is 8.61. The van der Waals surface area contributed by atoms with Gasteiger partial charge in [0.25, 0.3) is 0 Å². The van der Waals surface area contributed by atoms with E-state index in [0.29, 0.717) is 5.41 Å². The average Bonchev–Trinajstić information content (AvgIpc) is 2.48. The van der Waals surface area contributed by atoms with Gasteiger partial charge in [-0.05, 0) is 98.9 Å². The SMILES string of the molecule is CCC(C)(O)CCCCc1cc2c(c(C)c1C)CCCC2(C)C. The molecule has 0 bridgehead atoms. The van der Waals surface area contributed by atoms with Gasteiger partial charge < -0.3 is 5.11 Å². The lowest BCUT2D eigenvalue weighted by atomic mass is 9.70. The Morgan fingerprint density at radius 3 is 2.52 bits per heavy atom. The summed E-state index contributed by atoms with van der Waals surface area (Å²) in [5, 5.41) is 10.1.